The van der Waals surface area contributed by atoms with Gasteiger partial charge in [-0.2, -0.15) is 8.42 Å². The summed E-state index contributed by atoms with van der Waals surface area (Å²) in [7, 11) is -5.59. The molecule has 0 unspecified atom stereocenters. The molecule has 1 saturated heterocycles. The van der Waals surface area contributed by atoms with Crippen LogP contribution in [-0.4, -0.2) is 64.4 Å². The Labute approximate surface area is 133 Å². The van der Waals surface area contributed by atoms with Gasteiger partial charge in [-0.15, -0.1) is 0 Å². The minimum absolute atomic E-state index is 0.0302. The topological polar surface area (TPSA) is 93.1 Å². The Hall–Kier alpha value is -0.643. The molecule has 0 aromatic heterocycles. The summed E-state index contributed by atoms with van der Waals surface area (Å²) in [6.07, 6.45) is 0.110. The van der Waals surface area contributed by atoms with Crippen LogP contribution in [0, 0.1) is 0 Å². The second-order valence-electron chi connectivity index (χ2n) is 7.31. The van der Waals surface area contributed by atoms with Crippen molar-refractivity contribution in [2.75, 3.05) is 19.4 Å². The van der Waals surface area contributed by atoms with Crippen molar-refractivity contribution in [3.05, 3.63) is 0 Å². The Morgan fingerprint density at radius 3 is 2.32 bits per heavy atom. The molecule has 1 aliphatic rings. The minimum atomic E-state index is -3.59. The minimum Gasteiger partial charge on any atom is -0.465 e. The monoisotopic (exact) mass is 353 g/mol. The summed E-state index contributed by atoms with van der Waals surface area (Å²) in [6.45, 7) is 10.7. The average Bonchev–Trinajstić information content (AvgIpc) is 2.66. The Morgan fingerprint density at radius 1 is 1.36 bits per heavy atom. The first-order valence-electron chi connectivity index (χ1n) is 7.25. The largest absolute Gasteiger partial charge is 0.465 e. The van der Waals surface area contributed by atoms with E-state index in [0.717, 1.165) is 6.26 Å². The van der Waals surface area contributed by atoms with Crippen LogP contribution >= 0.6 is 0 Å². The highest BCUT2D eigenvalue weighted by molar-refractivity contribution is 7.85. The highest BCUT2D eigenvalue weighted by Gasteiger charge is 2.43. The molecule has 2 atom stereocenters. The number of hydrogen-bond acceptors (Lipinski definition) is 5. The smallest absolute Gasteiger partial charge is 0.407 e. The zero-order chi connectivity index (χ0) is 17.3. The first-order chi connectivity index (χ1) is 9.73. The van der Waals surface area contributed by atoms with Crippen molar-refractivity contribution in [2.24, 2.45) is 0 Å². The van der Waals surface area contributed by atoms with Crippen LogP contribution in [0.5, 0.6) is 0 Å². The van der Waals surface area contributed by atoms with Gasteiger partial charge in [-0.1, -0.05) is 20.8 Å². The molecular weight excluding hydrogens is 326 g/mol. The fraction of sp³-hybridized carbons (Fsp3) is 0.923. The van der Waals surface area contributed by atoms with Crippen molar-refractivity contribution >= 4 is 24.5 Å². The van der Waals surface area contributed by atoms with E-state index in [1.807, 2.05) is 0 Å². The summed E-state index contributed by atoms with van der Waals surface area (Å²) in [4.78, 5) is 12.5. The van der Waals surface area contributed by atoms with Crippen LogP contribution in [0.1, 0.15) is 27.2 Å². The van der Waals surface area contributed by atoms with Gasteiger partial charge in [0.2, 0.25) is 0 Å². The fourth-order valence-electron chi connectivity index (χ4n) is 2.15. The standard InChI is InChI=1S/C13H27NO6SSi/c1-13(2,3)22(5,6)20-11-7-10(9-19-21(4,17)18)14(8-11)12(15)16/h10-11H,7-9H2,1-6H3,(H,15,16)/t10-,11+/m1/s1. The van der Waals surface area contributed by atoms with Gasteiger partial charge in [0.15, 0.2) is 8.32 Å². The van der Waals surface area contributed by atoms with Gasteiger partial charge in [0.25, 0.3) is 10.1 Å². The molecule has 0 spiro atoms. The second kappa shape index (κ2) is 6.46. The van der Waals surface area contributed by atoms with Gasteiger partial charge in [0.1, 0.15) is 0 Å². The van der Waals surface area contributed by atoms with Gasteiger partial charge in [0.05, 0.1) is 25.0 Å². The molecule has 1 aliphatic heterocycles. The molecule has 130 valence electrons. The molecule has 0 aromatic carbocycles. The van der Waals surface area contributed by atoms with Crippen molar-refractivity contribution in [1.82, 2.24) is 4.90 Å². The third-order valence-corrected chi connectivity index (χ3v) is 9.46. The first kappa shape index (κ1) is 19.4. The number of likely N-dealkylation sites (tertiary alicyclic amines) is 1. The average molecular weight is 354 g/mol. The zero-order valence-electron chi connectivity index (χ0n) is 14.1. The molecule has 0 saturated carbocycles. The van der Waals surface area contributed by atoms with E-state index >= 15 is 0 Å². The van der Waals surface area contributed by atoms with Gasteiger partial charge < -0.3 is 14.4 Å². The van der Waals surface area contributed by atoms with Crippen molar-refractivity contribution < 1.29 is 26.9 Å². The fourth-order valence-corrected chi connectivity index (χ4v) is 3.91. The lowest BCUT2D eigenvalue weighted by molar-refractivity contribution is 0.121. The molecule has 7 nitrogen and oxygen atoms in total. The van der Waals surface area contributed by atoms with Crippen molar-refractivity contribution in [1.29, 1.82) is 0 Å². The highest BCUT2D eigenvalue weighted by Crippen LogP contribution is 2.38. The quantitative estimate of drug-likeness (QED) is 0.601. The number of carbonyl (C=O) groups is 1. The van der Waals surface area contributed by atoms with Gasteiger partial charge in [-0.05, 0) is 24.6 Å². The maximum atomic E-state index is 11.3. The van der Waals surface area contributed by atoms with Crippen LogP contribution in [0.3, 0.4) is 0 Å². The molecule has 0 aromatic rings. The molecule has 0 aliphatic carbocycles. The van der Waals surface area contributed by atoms with Crippen LogP contribution in [0.2, 0.25) is 18.1 Å². The third kappa shape index (κ3) is 5.22. The summed E-state index contributed by atoms with van der Waals surface area (Å²) in [5.74, 6) is 0. The molecule has 0 bridgehead atoms. The maximum Gasteiger partial charge on any atom is 0.407 e. The summed E-state index contributed by atoms with van der Waals surface area (Å²) < 4.78 is 33.2. The third-order valence-electron chi connectivity index (χ3n) is 4.36. The van der Waals surface area contributed by atoms with E-state index in [0.29, 0.717) is 6.42 Å². The molecule has 9 heteroatoms. The van der Waals surface area contributed by atoms with Gasteiger partial charge in [-0.25, -0.2) is 4.79 Å². The van der Waals surface area contributed by atoms with Crippen molar-refractivity contribution in [3.63, 3.8) is 0 Å². The van der Waals surface area contributed by atoms with Crippen LogP contribution in [-0.2, 0) is 18.7 Å². The lowest BCUT2D eigenvalue weighted by atomic mass is 10.2. The van der Waals surface area contributed by atoms with E-state index < -0.39 is 30.6 Å². The SMILES string of the molecule is CC(C)(C)[Si](C)(C)O[C@H]1C[C@H](COS(C)(=O)=O)N(C(=O)O)C1. The van der Waals surface area contributed by atoms with Crippen LogP contribution in [0.4, 0.5) is 4.79 Å². The molecule has 1 amide bonds. The number of carboxylic acid groups (broad SMARTS) is 1. The van der Waals surface area contributed by atoms with E-state index in [1.54, 1.807) is 0 Å². The van der Waals surface area contributed by atoms with Crippen molar-refractivity contribution in [3.8, 4) is 0 Å². The second-order valence-corrected chi connectivity index (χ2v) is 13.7. The highest BCUT2D eigenvalue weighted by atomic mass is 32.2. The van der Waals surface area contributed by atoms with E-state index in [9.17, 15) is 18.3 Å². The van der Waals surface area contributed by atoms with E-state index in [1.165, 1.54) is 4.90 Å². The number of amides is 1. The first-order valence-corrected chi connectivity index (χ1v) is 12.0. The summed E-state index contributed by atoms with van der Waals surface area (Å²) in [5.41, 5.74) is 0. The number of rotatable bonds is 5. The predicted octanol–water partition coefficient (Wildman–Crippen LogP) is 2.11. The van der Waals surface area contributed by atoms with Gasteiger partial charge >= 0.3 is 6.09 Å². The Morgan fingerprint density at radius 2 is 1.91 bits per heavy atom. The summed E-state index contributed by atoms with van der Waals surface area (Å²) >= 11 is 0. The van der Waals surface area contributed by atoms with Crippen molar-refractivity contribution in [2.45, 2.75) is 57.5 Å². The molecule has 1 fully saturated rings. The summed E-state index contributed by atoms with van der Waals surface area (Å²) in [6, 6.07) is -0.498. The molecular formula is C13H27NO6SSi. The lowest BCUT2D eigenvalue weighted by Gasteiger charge is -2.38. The Bertz CT molecular complexity index is 513. The van der Waals surface area contributed by atoms with E-state index in [4.69, 9.17) is 8.61 Å². The molecule has 22 heavy (non-hydrogen) atoms. The van der Waals surface area contributed by atoms with E-state index in [2.05, 4.69) is 33.9 Å². The zero-order valence-corrected chi connectivity index (χ0v) is 15.9. The number of nitrogens with zero attached hydrogens (tertiary/aromatic N) is 1. The molecule has 1 rings (SSSR count). The normalized spacial score (nSPS) is 23.8. The Balaban J connectivity index is 2.76. The van der Waals surface area contributed by atoms with Crippen LogP contribution in [0.25, 0.3) is 0 Å². The molecule has 1 heterocycles. The van der Waals surface area contributed by atoms with Gasteiger partial charge in [0, 0.05) is 6.54 Å². The van der Waals surface area contributed by atoms with E-state index in [-0.39, 0.29) is 24.3 Å². The predicted molar refractivity (Wildman–Crippen MR) is 86.0 cm³/mol. The molecule has 0 radical (unpaired) electrons. The maximum absolute atomic E-state index is 11.3. The summed E-state index contributed by atoms with van der Waals surface area (Å²) in [5, 5.41) is 9.30. The van der Waals surface area contributed by atoms with Gasteiger partial charge in [-0.3, -0.25) is 4.18 Å². The van der Waals surface area contributed by atoms with Crippen LogP contribution in [0.15, 0.2) is 0 Å². The molecule has 1 N–H and O–H groups in total. The number of hydrogen-bond donors (Lipinski definition) is 1. The van der Waals surface area contributed by atoms with Crippen LogP contribution < -0.4 is 0 Å². The Kier molecular flexibility index (Phi) is 5.70. The lowest BCUT2D eigenvalue weighted by Crippen LogP contribution is -2.44.